The Kier molecular flexibility index (Phi) is 6.11. The van der Waals surface area contributed by atoms with Gasteiger partial charge < -0.3 is 15.2 Å². The van der Waals surface area contributed by atoms with Crippen LogP contribution in [0.2, 0.25) is 0 Å². The largest absolute Gasteiger partial charge is 0.478 e. The molecule has 0 aliphatic heterocycles. The molecule has 0 aliphatic carbocycles. The Morgan fingerprint density at radius 1 is 1.40 bits per heavy atom. The van der Waals surface area contributed by atoms with E-state index in [1.165, 1.54) is 12.1 Å². The minimum absolute atomic E-state index is 0.0989. The topological polar surface area (TPSA) is 88.5 Å². The van der Waals surface area contributed by atoms with Crippen LogP contribution in [0.25, 0.3) is 0 Å². The van der Waals surface area contributed by atoms with Crippen molar-refractivity contribution in [3.63, 3.8) is 0 Å². The van der Waals surface area contributed by atoms with Crippen molar-refractivity contribution >= 4 is 11.9 Å². The third-order valence-corrected chi connectivity index (χ3v) is 2.53. The van der Waals surface area contributed by atoms with Crippen molar-refractivity contribution < 1.29 is 19.4 Å². The van der Waals surface area contributed by atoms with Gasteiger partial charge in [-0.1, -0.05) is 13.8 Å². The number of hydrogen-bond donors (Lipinski definition) is 2. The standard InChI is InChI=1S/C14H20N2O4/c1-9(2)8-20-7-6-15-13(17)12-5-4-11(14(18)19)10(3)16-12/h4-5,9H,6-8H2,1-3H3,(H,15,17)(H,18,19). The van der Waals surface area contributed by atoms with Crippen LogP contribution < -0.4 is 5.32 Å². The fraction of sp³-hybridized carbons (Fsp3) is 0.500. The van der Waals surface area contributed by atoms with E-state index in [1.807, 2.05) is 0 Å². The summed E-state index contributed by atoms with van der Waals surface area (Å²) in [4.78, 5) is 26.6. The predicted molar refractivity (Wildman–Crippen MR) is 73.9 cm³/mol. The summed E-state index contributed by atoms with van der Waals surface area (Å²) >= 11 is 0. The van der Waals surface area contributed by atoms with Crippen molar-refractivity contribution in [1.82, 2.24) is 10.3 Å². The molecule has 6 nitrogen and oxygen atoms in total. The van der Waals surface area contributed by atoms with Crippen LogP contribution in [0.4, 0.5) is 0 Å². The second-order valence-corrected chi connectivity index (χ2v) is 4.86. The summed E-state index contributed by atoms with van der Waals surface area (Å²) in [6.07, 6.45) is 0. The molecule has 6 heteroatoms. The van der Waals surface area contributed by atoms with Crippen molar-refractivity contribution in [2.75, 3.05) is 19.8 Å². The van der Waals surface area contributed by atoms with Crippen molar-refractivity contribution in [2.24, 2.45) is 5.92 Å². The number of carboxylic acid groups (broad SMARTS) is 1. The maximum atomic E-state index is 11.8. The number of nitrogens with zero attached hydrogens (tertiary/aromatic N) is 1. The fourth-order valence-corrected chi connectivity index (χ4v) is 1.56. The Labute approximate surface area is 118 Å². The highest BCUT2D eigenvalue weighted by Gasteiger charge is 2.12. The van der Waals surface area contributed by atoms with Gasteiger partial charge in [-0.3, -0.25) is 4.79 Å². The summed E-state index contributed by atoms with van der Waals surface area (Å²) in [6.45, 7) is 7.15. The predicted octanol–water partition coefficient (Wildman–Crippen LogP) is 1.49. The first-order valence-electron chi connectivity index (χ1n) is 6.48. The maximum absolute atomic E-state index is 11.8. The molecule has 0 aliphatic rings. The lowest BCUT2D eigenvalue weighted by molar-refractivity contribution is 0.0694. The first-order valence-corrected chi connectivity index (χ1v) is 6.48. The third-order valence-electron chi connectivity index (χ3n) is 2.53. The highest BCUT2D eigenvalue weighted by molar-refractivity contribution is 5.94. The number of aromatic carboxylic acids is 1. The lowest BCUT2D eigenvalue weighted by atomic mass is 10.2. The van der Waals surface area contributed by atoms with E-state index in [4.69, 9.17) is 9.84 Å². The molecule has 0 unspecified atom stereocenters. The number of hydrogen-bond acceptors (Lipinski definition) is 4. The van der Waals surface area contributed by atoms with Gasteiger partial charge in [-0.25, -0.2) is 9.78 Å². The number of aryl methyl sites for hydroxylation is 1. The van der Waals surface area contributed by atoms with E-state index in [0.717, 1.165) is 0 Å². The van der Waals surface area contributed by atoms with Crippen LogP contribution in [0.5, 0.6) is 0 Å². The zero-order valence-electron chi connectivity index (χ0n) is 12.0. The van der Waals surface area contributed by atoms with Gasteiger partial charge in [0, 0.05) is 13.2 Å². The molecule has 0 radical (unpaired) electrons. The molecule has 1 amide bonds. The Morgan fingerprint density at radius 3 is 2.65 bits per heavy atom. The average Bonchev–Trinajstić information content (AvgIpc) is 2.37. The average molecular weight is 280 g/mol. The van der Waals surface area contributed by atoms with E-state index in [0.29, 0.717) is 31.4 Å². The van der Waals surface area contributed by atoms with Crippen LogP contribution in [-0.4, -0.2) is 41.7 Å². The maximum Gasteiger partial charge on any atom is 0.337 e. The minimum Gasteiger partial charge on any atom is -0.478 e. The number of ether oxygens (including phenoxy) is 1. The van der Waals surface area contributed by atoms with Gasteiger partial charge in [-0.15, -0.1) is 0 Å². The normalized spacial score (nSPS) is 10.6. The molecular formula is C14H20N2O4. The van der Waals surface area contributed by atoms with Crippen LogP contribution in [0.3, 0.4) is 0 Å². The quantitative estimate of drug-likeness (QED) is 0.739. The van der Waals surface area contributed by atoms with E-state index in [2.05, 4.69) is 24.1 Å². The highest BCUT2D eigenvalue weighted by Crippen LogP contribution is 2.06. The van der Waals surface area contributed by atoms with E-state index in [9.17, 15) is 9.59 Å². The number of nitrogens with one attached hydrogen (secondary N) is 1. The summed E-state index contributed by atoms with van der Waals surface area (Å²) in [6, 6.07) is 2.79. The number of rotatable bonds is 7. The van der Waals surface area contributed by atoms with Gasteiger partial charge >= 0.3 is 5.97 Å². The fourth-order valence-electron chi connectivity index (χ4n) is 1.56. The molecule has 0 saturated carbocycles. The van der Waals surface area contributed by atoms with Crippen molar-refractivity contribution in [3.8, 4) is 0 Å². The van der Waals surface area contributed by atoms with Crippen LogP contribution in [0, 0.1) is 12.8 Å². The van der Waals surface area contributed by atoms with Crippen molar-refractivity contribution in [3.05, 3.63) is 29.1 Å². The van der Waals surface area contributed by atoms with Crippen LogP contribution in [0.15, 0.2) is 12.1 Å². The lowest BCUT2D eigenvalue weighted by Crippen LogP contribution is -2.28. The number of carbonyl (C=O) groups excluding carboxylic acids is 1. The van der Waals surface area contributed by atoms with Gasteiger partial charge in [0.15, 0.2) is 0 Å². The Bertz CT molecular complexity index is 486. The van der Waals surface area contributed by atoms with E-state index in [-0.39, 0.29) is 17.2 Å². The first-order chi connectivity index (χ1) is 9.41. The summed E-state index contributed by atoms with van der Waals surface area (Å²) in [7, 11) is 0. The highest BCUT2D eigenvalue weighted by atomic mass is 16.5. The van der Waals surface area contributed by atoms with Gasteiger partial charge in [0.05, 0.1) is 17.9 Å². The van der Waals surface area contributed by atoms with Gasteiger partial charge in [-0.05, 0) is 25.0 Å². The Balaban J connectivity index is 2.48. The summed E-state index contributed by atoms with van der Waals surface area (Å²) in [5.74, 6) is -0.930. The zero-order valence-corrected chi connectivity index (χ0v) is 12.0. The first kappa shape index (κ1) is 16.1. The number of amides is 1. The molecule has 0 bridgehead atoms. The van der Waals surface area contributed by atoms with Crippen LogP contribution in [-0.2, 0) is 4.74 Å². The summed E-state index contributed by atoms with van der Waals surface area (Å²) < 4.78 is 5.34. The van der Waals surface area contributed by atoms with Gasteiger partial charge in [0.25, 0.3) is 5.91 Å². The lowest BCUT2D eigenvalue weighted by Gasteiger charge is -2.08. The van der Waals surface area contributed by atoms with Gasteiger partial charge in [0.1, 0.15) is 5.69 Å². The molecular weight excluding hydrogens is 260 g/mol. The van der Waals surface area contributed by atoms with E-state index >= 15 is 0 Å². The van der Waals surface area contributed by atoms with Gasteiger partial charge in [-0.2, -0.15) is 0 Å². The van der Waals surface area contributed by atoms with Crippen LogP contribution in [0.1, 0.15) is 40.4 Å². The number of aromatic nitrogens is 1. The molecule has 0 saturated heterocycles. The number of carbonyl (C=O) groups is 2. The zero-order chi connectivity index (χ0) is 15.1. The molecule has 1 aromatic rings. The van der Waals surface area contributed by atoms with E-state index < -0.39 is 5.97 Å². The van der Waals surface area contributed by atoms with Crippen molar-refractivity contribution in [1.29, 1.82) is 0 Å². The molecule has 0 fully saturated rings. The second-order valence-electron chi connectivity index (χ2n) is 4.86. The molecule has 110 valence electrons. The smallest absolute Gasteiger partial charge is 0.337 e. The number of pyridine rings is 1. The summed E-state index contributed by atoms with van der Waals surface area (Å²) in [5.41, 5.74) is 0.624. The molecule has 1 rings (SSSR count). The minimum atomic E-state index is -1.05. The molecule has 0 aromatic carbocycles. The SMILES string of the molecule is Cc1nc(C(=O)NCCOCC(C)C)ccc1C(=O)O. The Morgan fingerprint density at radius 2 is 2.10 bits per heavy atom. The molecule has 2 N–H and O–H groups in total. The number of carboxylic acids is 1. The van der Waals surface area contributed by atoms with Gasteiger partial charge in [0.2, 0.25) is 0 Å². The summed E-state index contributed by atoms with van der Waals surface area (Å²) in [5, 5.41) is 11.6. The van der Waals surface area contributed by atoms with Crippen molar-refractivity contribution in [2.45, 2.75) is 20.8 Å². The third kappa shape index (κ3) is 4.97. The molecule has 1 heterocycles. The molecule has 0 spiro atoms. The van der Waals surface area contributed by atoms with E-state index in [1.54, 1.807) is 6.92 Å². The monoisotopic (exact) mass is 280 g/mol. The second kappa shape index (κ2) is 7.59. The molecule has 0 atom stereocenters. The molecule has 20 heavy (non-hydrogen) atoms. The van der Waals surface area contributed by atoms with Crippen LogP contribution >= 0.6 is 0 Å². The Hall–Kier alpha value is -1.95. The molecule has 1 aromatic heterocycles.